The molecule has 0 N–H and O–H groups in total. The zero-order valence-electron chi connectivity index (χ0n) is 9.52. The summed E-state index contributed by atoms with van der Waals surface area (Å²) in [6.45, 7) is 4.90. The van der Waals surface area contributed by atoms with Gasteiger partial charge in [0.2, 0.25) is 0 Å². The maximum atomic E-state index is 2.45. The molecule has 0 radical (unpaired) electrons. The summed E-state index contributed by atoms with van der Waals surface area (Å²) in [5.74, 6) is 2.97. The van der Waals surface area contributed by atoms with Crippen molar-refractivity contribution in [2.24, 2.45) is 11.8 Å². The summed E-state index contributed by atoms with van der Waals surface area (Å²) in [6, 6.07) is 10.7. The van der Waals surface area contributed by atoms with Gasteiger partial charge in [-0.05, 0) is 31.0 Å². The average Bonchev–Trinajstić information content (AvgIpc) is 2.56. The summed E-state index contributed by atoms with van der Waals surface area (Å²) >= 11 is 2.00. The molecule has 1 aliphatic heterocycles. The molecule has 2 heteroatoms. The number of hydrogen-bond acceptors (Lipinski definition) is 2. The molecule has 0 aliphatic carbocycles. The Morgan fingerprint density at radius 2 is 2.00 bits per heavy atom. The SMILES string of the molecule is CC1CN(C)CC1CSc1ccccc1. The van der Waals surface area contributed by atoms with Crippen LogP contribution in [0.5, 0.6) is 0 Å². The molecule has 0 aromatic heterocycles. The van der Waals surface area contributed by atoms with Crippen LogP contribution in [-0.4, -0.2) is 30.8 Å². The molecule has 1 nitrogen and oxygen atoms in total. The maximum Gasteiger partial charge on any atom is 0.00720 e. The van der Waals surface area contributed by atoms with E-state index in [0.717, 1.165) is 11.8 Å². The first kappa shape index (κ1) is 11.0. The van der Waals surface area contributed by atoms with E-state index in [2.05, 4.69) is 49.2 Å². The predicted molar refractivity (Wildman–Crippen MR) is 67.3 cm³/mol. The van der Waals surface area contributed by atoms with Gasteiger partial charge in [0.05, 0.1) is 0 Å². The minimum Gasteiger partial charge on any atom is -0.306 e. The van der Waals surface area contributed by atoms with Crippen LogP contribution in [0.1, 0.15) is 6.92 Å². The molecule has 0 spiro atoms. The molecule has 2 atom stereocenters. The molecule has 2 rings (SSSR count). The molecule has 1 saturated heterocycles. The molecule has 2 unspecified atom stereocenters. The standard InChI is InChI=1S/C13H19NS/c1-11-8-14(2)9-12(11)10-15-13-6-4-3-5-7-13/h3-7,11-12H,8-10H2,1-2H3. The van der Waals surface area contributed by atoms with E-state index in [1.165, 1.54) is 23.7 Å². The van der Waals surface area contributed by atoms with Crippen molar-refractivity contribution < 1.29 is 0 Å². The lowest BCUT2D eigenvalue weighted by Crippen LogP contribution is -2.14. The number of benzene rings is 1. The van der Waals surface area contributed by atoms with Gasteiger partial charge in [-0.3, -0.25) is 0 Å². The summed E-state index contributed by atoms with van der Waals surface area (Å²) in [5.41, 5.74) is 0. The Labute approximate surface area is 96.9 Å². The highest BCUT2D eigenvalue weighted by molar-refractivity contribution is 7.99. The van der Waals surface area contributed by atoms with Crippen LogP contribution < -0.4 is 0 Å². The van der Waals surface area contributed by atoms with Crippen molar-refractivity contribution in [2.45, 2.75) is 11.8 Å². The lowest BCUT2D eigenvalue weighted by molar-refractivity contribution is 0.398. The van der Waals surface area contributed by atoms with Crippen molar-refractivity contribution in [1.29, 1.82) is 0 Å². The highest BCUT2D eigenvalue weighted by atomic mass is 32.2. The second-order valence-electron chi connectivity index (χ2n) is 4.58. The Bertz CT molecular complexity index is 299. The van der Waals surface area contributed by atoms with E-state index in [-0.39, 0.29) is 0 Å². The number of rotatable bonds is 3. The van der Waals surface area contributed by atoms with Crippen molar-refractivity contribution in [3.63, 3.8) is 0 Å². The third-order valence-corrected chi connectivity index (χ3v) is 4.36. The minimum atomic E-state index is 0.853. The molecular formula is C13H19NS. The maximum absolute atomic E-state index is 2.45. The highest BCUT2D eigenvalue weighted by Gasteiger charge is 2.26. The Kier molecular flexibility index (Phi) is 3.71. The molecule has 1 heterocycles. The first-order valence-electron chi connectivity index (χ1n) is 5.62. The van der Waals surface area contributed by atoms with Crippen LogP contribution in [0.4, 0.5) is 0 Å². The fraction of sp³-hybridized carbons (Fsp3) is 0.538. The van der Waals surface area contributed by atoms with Crippen LogP contribution in [0.25, 0.3) is 0 Å². The normalized spacial score (nSPS) is 27.1. The zero-order valence-corrected chi connectivity index (χ0v) is 10.3. The van der Waals surface area contributed by atoms with Gasteiger partial charge in [-0.1, -0.05) is 25.1 Å². The smallest absolute Gasteiger partial charge is 0.00720 e. The Morgan fingerprint density at radius 3 is 2.60 bits per heavy atom. The van der Waals surface area contributed by atoms with Gasteiger partial charge in [0.15, 0.2) is 0 Å². The topological polar surface area (TPSA) is 3.24 Å². The highest BCUT2D eigenvalue weighted by Crippen LogP contribution is 2.28. The number of likely N-dealkylation sites (tertiary alicyclic amines) is 1. The molecule has 0 amide bonds. The van der Waals surface area contributed by atoms with E-state index in [0.29, 0.717) is 0 Å². The van der Waals surface area contributed by atoms with Gasteiger partial charge in [-0.15, -0.1) is 11.8 Å². The van der Waals surface area contributed by atoms with Crippen molar-refractivity contribution in [2.75, 3.05) is 25.9 Å². The van der Waals surface area contributed by atoms with Gasteiger partial charge in [-0.25, -0.2) is 0 Å². The van der Waals surface area contributed by atoms with Gasteiger partial charge in [-0.2, -0.15) is 0 Å². The van der Waals surface area contributed by atoms with Crippen LogP contribution in [0, 0.1) is 11.8 Å². The second-order valence-corrected chi connectivity index (χ2v) is 5.68. The Balaban J connectivity index is 1.84. The van der Waals surface area contributed by atoms with Gasteiger partial charge in [0.25, 0.3) is 0 Å². The summed E-state index contributed by atoms with van der Waals surface area (Å²) in [4.78, 5) is 3.85. The van der Waals surface area contributed by atoms with Crippen molar-refractivity contribution in [3.05, 3.63) is 30.3 Å². The van der Waals surface area contributed by atoms with Crippen LogP contribution in [-0.2, 0) is 0 Å². The van der Waals surface area contributed by atoms with Gasteiger partial charge in [0.1, 0.15) is 0 Å². The van der Waals surface area contributed by atoms with E-state index in [1.54, 1.807) is 0 Å². The van der Waals surface area contributed by atoms with Crippen LogP contribution in [0.15, 0.2) is 35.2 Å². The fourth-order valence-electron chi connectivity index (χ4n) is 2.23. The number of nitrogens with zero attached hydrogens (tertiary/aromatic N) is 1. The van der Waals surface area contributed by atoms with E-state index in [4.69, 9.17) is 0 Å². The first-order valence-corrected chi connectivity index (χ1v) is 6.60. The lowest BCUT2D eigenvalue weighted by atomic mass is 10.0. The predicted octanol–water partition coefficient (Wildman–Crippen LogP) is 2.98. The first-order chi connectivity index (χ1) is 7.25. The van der Waals surface area contributed by atoms with Gasteiger partial charge in [0, 0.05) is 23.7 Å². The van der Waals surface area contributed by atoms with Crippen molar-refractivity contribution in [1.82, 2.24) is 4.90 Å². The minimum absolute atomic E-state index is 0.853. The summed E-state index contributed by atoms with van der Waals surface area (Å²) in [5, 5.41) is 0. The molecule has 15 heavy (non-hydrogen) atoms. The average molecular weight is 221 g/mol. The van der Waals surface area contributed by atoms with Crippen molar-refractivity contribution >= 4 is 11.8 Å². The van der Waals surface area contributed by atoms with E-state index in [9.17, 15) is 0 Å². The number of hydrogen-bond donors (Lipinski definition) is 0. The summed E-state index contributed by atoms with van der Waals surface area (Å²) in [7, 11) is 2.23. The monoisotopic (exact) mass is 221 g/mol. The molecule has 0 bridgehead atoms. The lowest BCUT2D eigenvalue weighted by Gasteiger charge is -2.13. The van der Waals surface area contributed by atoms with E-state index >= 15 is 0 Å². The molecule has 82 valence electrons. The third-order valence-electron chi connectivity index (χ3n) is 3.16. The molecule has 1 aromatic rings. The van der Waals surface area contributed by atoms with Crippen LogP contribution >= 0.6 is 11.8 Å². The number of thioether (sulfide) groups is 1. The van der Waals surface area contributed by atoms with Gasteiger partial charge < -0.3 is 4.90 Å². The molecular weight excluding hydrogens is 202 g/mol. The molecule has 1 aliphatic rings. The Hall–Kier alpha value is -0.470. The molecule has 1 fully saturated rings. The second kappa shape index (κ2) is 5.04. The zero-order chi connectivity index (χ0) is 10.7. The van der Waals surface area contributed by atoms with Crippen molar-refractivity contribution in [3.8, 4) is 0 Å². The summed E-state index contributed by atoms with van der Waals surface area (Å²) in [6.07, 6.45) is 0. The van der Waals surface area contributed by atoms with E-state index in [1.807, 2.05) is 11.8 Å². The summed E-state index contributed by atoms with van der Waals surface area (Å²) < 4.78 is 0. The van der Waals surface area contributed by atoms with Crippen LogP contribution in [0.3, 0.4) is 0 Å². The van der Waals surface area contributed by atoms with Gasteiger partial charge >= 0.3 is 0 Å². The fourth-order valence-corrected chi connectivity index (χ4v) is 3.42. The largest absolute Gasteiger partial charge is 0.306 e. The molecule has 1 aromatic carbocycles. The van der Waals surface area contributed by atoms with Crippen LogP contribution in [0.2, 0.25) is 0 Å². The quantitative estimate of drug-likeness (QED) is 0.722. The Morgan fingerprint density at radius 1 is 1.27 bits per heavy atom. The third kappa shape index (κ3) is 2.99. The molecule has 0 saturated carbocycles. The van der Waals surface area contributed by atoms with E-state index < -0.39 is 0 Å².